The lowest BCUT2D eigenvalue weighted by molar-refractivity contribution is -0.305. The summed E-state index contributed by atoms with van der Waals surface area (Å²) < 4.78 is 89.1. The van der Waals surface area contributed by atoms with Crippen molar-refractivity contribution >= 4 is 21.4 Å². The number of hydrogen-bond donors (Lipinski definition) is 2. The molecule has 32 heavy (non-hydrogen) atoms. The molecule has 5 nitrogen and oxygen atoms in total. The molecule has 1 saturated carbocycles. The van der Waals surface area contributed by atoms with Gasteiger partial charge in [0.2, 0.25) is 11.5 Å². The summed E-state index contributed by atoms with van der Waals surface area (Å²) in [5, 5.41) is 11.9. The van der Waals surface area contributed by atoms with E-state index in [4.69, 9.17) is 0 Å². The fourth-order valence-electron chi connectivity index (χ4n) is 3.12. The van der Waals surface area contributed by atoms with Crippen LogP contribution >= 0.6 is 0 Å². The van der Waals surface area contributed by atoms with Gasteiger partial charge < -0.3 is 10.4 Å². The van der Waals surface area contributed by atoms with E-state index >= 15 is 0 Å². The fraction of sp³-hybridized carbons (Fsp3) is 0.381. The van der Waals surface area contributed by atoms with Crippen molar-refractivity contribution in [1.29, 1.82) is 0 Å². The highest BCUT2D eigenvalue weighted by Gasteiger charge is 2.61. The van der Waals surface area contributed by atoms with Gasteiger partial charge in [-0.3, -0.25) is 4.79 Å². The van der Waals surface area contributed by atoms with E-state index in [1.165, 1.54) is 24.3 Å². The zero-order chi connectivity index (χ0) is 23.7. The van der Waals surface area contributed by atoms with Gasteiger partial charge in [-0.05, 0) is 54.2 Å². The third-order valence-corrected chi connectivity index (χ3v) is 7.06. The molecule has 0 radical (unpaired) electrons. The Morgan fingerprint density at radius 2 is 1.59 bits per heavy atom. The van der Waals surface area contributed by atoms with Gasteiger partial charge in [-0.1, -0.05) is 24.3 Å². The van der Waals surface area contributed by atoms with E-state index in [9.17, 15) is 40.3 Å². The molecule has 0 bridgehead atoms. The smallest absolute Gasteiger partial charge is 0.372 e. The molecule has 174 valence electrons. The number of carbonyl (C=O) groups is 1. The number of nitrogens with one attached hydrogen (secondary N) is 1. The number of alkyl halides is 5. The summed E-state index contributed by atoms with van der Waals surface area (Å²) in [6.07, 6.45) is -8.04. The summed E-state index contributed by atoms with van der Waals surface area (Å²) in [4.78, 5) is 12.4. The Bertz CT molecular complexity index is 1060. The van der Waals surface area contributed by atoms with Crippen LogP contribution in [0.25, 0.3) is 0 Å². The third kappa shape index (κ3) is 5.26. The van der Waals surface area contributed by atoms with Crippen LogP contribution in [0.2, 0.25) is 0 Å². The van der Waals surface area contributed by atoms with E-state index in [1.54, 1.807) is 0 Å². The molecule has 2 aromatic carbocycles. The zero-order valence-corrected chi connectivity index (χ0v) is 17.4. The van der Waals surface area contributed by atoms with Crippen LogP contribution in [0.5, 0.6) is 0 Å². The van der Waals surface area contributed by atoms with Gasteiger partial charge >= 0.3 is 6.18 Å². The van der Waals surface area contributed by atoms with Gasteiger partial charge in [-0.15, -0.1) is 0 Å². The monoisotopic (exact) mass is 477 g/mol. The Morgan fingerprint density at radius 1 is 1.03 bits per heavy atom. The van der Waals surface area contributed by atoms with E-state index in [1.807, 2.05) is 0 Å². The molecule has 0 unspecified atom stereocenters. The fourth-order valence-corrected chi connectivity index (χ4v) is 4.81. The molecular formula is C21H20F5NO4S. The largest absolute Gasteiger partial charge is 0.427 e. The number of carbonyl (C=O) groups excluding carboxylic acids is 1. The average molecular weight is 477 g/mol. The minimum Gasteiger partial charge on any atom is -0.372 e. The molecule has 11 heteroatoms. The molecule has 0 saturated heterocycles. The van der Waals surface area contributed by atoms with Crippen LogP contribution in [0.4, 0.5) is 27.6 Å². The van der Waals surface area contributed by atoms with E-state index in [2.05, 4.69) is 5.32 Å². The van der Waals surface area contributed by atoms with E-state index < -0.39 is 39.5 Å². The van der Waals surface area contributed by atoms with E-state index in [0.29, 0.717) is 17.7 Å². The molecule has 1 aliphatic rings. The number of aliphatic hydroxyl groups is 1. The van der Waals surface area contributed by atoms with Crippen molar-refractivity contribution in [2.75, 3.05) is 11.1 Å². The maximum atomic E-state index is 12.9. The Hall–Kier alpha value is -2.53. The van der Waals surface area contributed by atoms with Gasteiger partial charge in [0.15, 0.2) is 9.84 Å². The summed E-state index contributed by atoms with van der Waals surface area (Å²) in [6, 6.07) is 9.08. The van der Waals surface area contributed by atoms with Crippen LogP contribution in [0.15, 0.2) is 53.4 Å². The Labute approximate surface area is 181 Å². The third-order valence-electron chi connectivity index (χ3n) is 5.16. The van der Waals surface area contributed by atoms with Crippen LogP contribution in [0.3, 0.4) is 0 Å². The lowest BCUT2D eigenvalue weighted by Crippen LogP contribution is -2.48. The molecular weight excluding hydrogens is 457 g/mol. The number of benzene rings is 2. The Morgan fingerprint density at radius 3 is 2.06 bits per heavy atom. The first-order chi connectivity index (χ1) is 14.8. The first kappa shape index (κ1) is 24.1. The minimum absolute atomic E-state index is 0.0428. The maximum Gasteiger partial charge on any atom is 0.427 e. The Balaban J connectivity index is 1.64. The molecule has 0 spiro atoms. The summed E-state index contributed by atoms with van der Waals surface area (Å²) in [7, 11) is -3.38. The van der Waals surface area contributed by atoms with Crippen LogP contribution in [0, 0.1) is 5.92 Å². The number of rotatable bonds is 8. The summed E-state index contributed by atoms with van der Waals surface area (Å²) in [5.74, 6) is -0.256. The van der Waals surface area contributed by atoms with Crippen molar-refractivity contribution in [3.8, 4) is 0 Å². The molecule has 1 amide bonds. The molecule has 1 fully saturated rings. The second kappa shape index (κ2) is 8.78. The number of halogens is 5. The van der Waals surface area contributed by atoms with Crippen molar-refractivity contribution in [3.63, 3.8) is 0 Å². The standard InChI is InChI=1S/C21H20F5NO4S/c22-19(23)20(29,21(24,25)26)15-5-7-16(8-6-15)27-18(28)11-13-3-9-17(10-4-13)32(30,31)12-14-1-2-14/h3-10,14,19,29H,1-2,11-12H2,(H,27,28)/t20-/m1/s1. The molecule has 2 aromatic rings. The lowest BCUT2D eigenvalue weighted by atomic mass is 9.93. The number of sulfone groups is 1. The van der Waals surface area contributed by atoms with E-state index in [0.717, 1.165) is 25.0 Å². The predicted octanol–water partition coefficient (Wildman–Crippen LogP) is 4.07. The molecule has 1 aliphatic carbocycles. The molecule has 1 atom stereocenters. The Kier molecular flexibility index (Phi) is 6.62. The number of hydrogen-bond acceptors (Lipinski definition) is 4. The minimum atomic E-state index is -5.59. The topological polar surface area (TPSA) is 83.5 Å². The molecule has 2 N–H and O–H groups in total. The van der Waals surface area contributed by atoms with Crippen LogP contribution in [0.1, 0.15) is 24.0 Å². The van der Waals surface area contributed by atoms with Crippen LogP contribution in [-0.4, -0.2) is 37.8 Å². The van der Waals surface area contributed by atoms with Gasteiger partial charge in [-0.2, -0.15) is 13.2 Å². The highest BCUT2D eigenvalue weighted by Crippen LogP contribution is 2.43. The molecule has 0 heterocycles. The lowest BCUT2D eigenvalue weighted by Gasteiger charge is -2.30. The number of anilines is 1. The number of amides is 1. The second-order valence-corrected chi connectivity index (χ2v) is 9.77. The normalized spacial score (nSPS) is 16.6. The zero-order valence-electron chi connectivity index (χ0n) is 16.6. The van der Waals surface area contributed by atoms with Crippen molar-refractivity contribution in [1.82, 2.24) is 0 Å². The first-order valence-electron chi connectivity index (χ1n) is 9.62. The van der Waals surface area contributed by atoms with Gasteiger partial charge in [-0.25, -0.2) is 17.2 Å². The molecule has 0 aliphatic heterocycles. The van der Waals surface area contributed by atoms with Gasteiger partial charge in [0.25, 0.3) is 6.43 Å². The average Bonchev–Trinajstić information content (AvgIpc) is 3.50. The highest BCUT2D eigenvalue weighted by molar-refractivity contribution is 7.91. The van der Waals surface area contributed by atoms with Crippen LogP contribution in [-0.2, 0) is 26.7 Å². The SMILES string of the molecule is O=C(Cc1ccc(S(=O)(=O)CC2CC2)cc1)Nc1ccc([C@@](O)(C(F)F)C(F)(F)F)cc1. The maximum absolute atomic E-state index is 12.9. The summed E-state index contributed by atoms with van der Waals surface area (Å²) in [5.41, 5.74) is -4.83. The summed E-state index contributed by atoms with van der Waals surface area (Å²) in [6.45, 7) is 0. The van der Waals surface area contributed by atoms with Crippen LogP contribution < -0.4 is 5.32 Å². The van der Waals surface area contributed by atoms with Crippen molar-refractivity contribution in [2.24, 2.45) is 5.92 Å². The first-order valence-corrected chi connectivity index (χ1v) is 11.3. The quantitative estimate of drug-likeness (QED) is 0.562. The second-order valence-electron chi connectivity index (χ2n) is 7.74. The van der Waals surface area contributed by atoms with Crippen molar-refractivity contribution < 1.29 is 40.3 Å². The summed E-state index contributed by atoms with van der Waals surface area (Å²) >= 11 is 0. The van der Waals surface area contributed by atoms with Gasteiger partial charge in [0.05, 0.1) is 17.1 Å². The van der Waals surface area contributed by atoms with E-state index in [-0.39, 0.29) is 28.7 Å². The molecule has 3 rings (SSSR count). The molecule has 0 aromatic heterocycles. The van der Waals surface area contributed by atoms with Gasteiger partial charge in [0.1, 0.15) is 0 Å². The highest BCUT2D eigenvalue weighted by atomic mass is 32.2. The van der Waals surface area contributed by atoms with Crippen molar-refractivity contribution in [3.05, 3.63) is 59.7 Å². The van der Waals surface area contributed by atoms with Crippen molar-refractivity contribution in [2.45, 2.75) is 42.4 Å². The predicted molar refractivity (Wildman–Crippen MR) is 106 cm³/mol. The van der Waals surface area contributed by atoms with Gasteiger partial charge in [0, 0.05) is 5.69 Å².